The van der Waals surface area contributed by atoms with Crippen LogP contribution in [0.15, 0.2) is 16.8 Å². The first kappa shape index (κ1) is 10.2. The third-order valence-electron chi connectivity index (χ3n) is 1.62. The van der Waals surface area contributed by atoms with E-state index in [1.54, 1.807) is 11.3 Å². The summed E-state index contributed by atoms with van der Waals surface area (Å²) in [5.74, 6) is 0.0202. The number of aliphatic hydroxyl groups is 1. The zero-order chi connectivity index (χ0) is 9.52. The summed E-state index contributed by atoms with van der Waals surface area (Å²) in [5.41, 5.74) is 0.860. The number of aliphatic hydroxyl groups excluding tert-OH is 1. The number of carbonyl (C=O) groups excluding carboxylic acids is 1. The van der Waals surface area contributed by atoms with Gasteiger partial charge in [-0.1, -0.05) is 0 Å². The molecule has 72 valence electrons. The van der Waals surface area contributed by atoms with E-state index in [2.05, 4.69) is 5.32 Å². The fourth-order valence-electron chi connectivity index (χ4n) is 0.956. The van der Waals surface area contributed by atoms with Crippen molar-refractivity contribution in [3.8, 4) is 0 Å². The van der Waals surface area contributed by atoms with Crippen LogP contribution in [0.3, 0.4) is 0 Å². The van der Waals surface area contributed by atoms with Crippen LogP contribution in [-0.4, -0.2) is 17.6 Å². The zero-order valence-corrected chi connectivity index (χ0v) is 8.14. The second-order valence-corrected chi connectivity index (χ2v) is 3.52. The first-order valence-electron chi connectivity index (χ1n) is 4.26. The molecule has 4 heteroatoms. The molecule has 1 aromatic rings. The second kappa shape index (κ2) is 5.72. The molecule has 1 rings (SSSR count). The van der Waals surface area contributed by atoms with E-state index >= 15 is 0 Å². The molecule has 0 spiro atoms. The van der Waals surface area contributed by atoms with Crippen LogP contribution < -0.4 is 5.32 Å². The monoisotopic (exact) mass is 199 g/mol. The van der Waals surface area contributed by atoms with Gasteiger partial charge in [-0.15, -0.1) is 0 Å². The number of rotatable bonds is 5. The Hall–Kier alpha value is -0.870. The molecule has 0 fully saturated rings. The van der Waals surface area contributed by atoms with Crippen molar-refractivity contribution in [2.75, 3.05) is 11.9 Å². The third kappa shape index (κ3) is 4.05. The standard InChI is InChI=1S/C9H13NO2S/c11-5-2-1-3-9(12)10-8-4-6-13-7-8/h4,6-7,11H,1-3,5H2,(H,10,12). The lowest BCUT2D eigenvalue weighted by molar-refractivity contribution is -0.116. The molecule has 0 radical (unpaired) electrons. The van der Waals surface area contributed by atoms with E-state index in [0.717, 1.165) is 12.1 Å². The van der Waals surface area contributed by atoms with Crippen LogP contribution >= 0.6 is 11.3 Å². The van der Waals surface area contributed by atoms with Gasteiger partial charge in [-0.25, -0.2) is 0 Å². The Bertz CT molecular complexity index is 246. The van der Waals surface area contributed by atoms with Gasteiger partial charge in [0.15, 0.2) is 0 Å². The van der Waals surface area contributed by atoms with Crippen LogP contribution in [0.25, 0.3) is 0 Å². The van der Waals surface area contributed by atoms with E-state index in [4.69, 9.17) is 5.11 Å². The number of carbonyl (C=O) groups is 1. The molecule has 3 nitrogen and oxygen atoms in total. The van der Waals surface area contributed by atoms with Gasteiger partial charge in [0.2, 0.25) is 5.91 Å². The molecule has 0 unspecified atom stereocenters. The average Bonchev–Trinajstić information content (AvgIpc) is 2.57. The fraction of sp³-hybridized carbons (Fsp3) is 0.444. The van der Waals surface area contributed by atoms with Crippen molar-refractivity contribution in [3.05, 3.63) is 16.8 Å². The Labute approximate surface area is 81.4 Å². The van der Waals surface area contributed by atoms with E-state index < -0.39 is 0 Å². The van der Waals surface area contributed by atoms with Crippen molar-refractivity contribution in [1.29, 1.82) is 0 Å². The minimum Gasteiger partial charge on any atom is -0.396 e. The molecule has 0 aliphatic heterocycles. The molecule has 0 aliphatic carbocycles. The number of thiophene rings is 1. The summed E-state index contributed by atoms with van der Waals surface area (Å²) in [7, 11) is 0. The number of nitrogens with one attached hydrogen (secondary N) is 1. The number of hydrogen-bond donors (Lipinski definition) is 2. The summed E-state index contributed by atoms with van der Waals surface area (Å²) < 4.78 is 0. The van der Waals surface area contributed by atoms with Crippen LogP contribution in [-0.2, 0) is 4.79 Å². The molecule has 2 N–H and O–H groups in total. The first-order chi connectivity index (χ1) is 6.33. The molecular weight excluding hydrogens is 186 g/mol. The van der Waals surface area contributed by atoms with Crippen LogP contribution in [0.1, 0.15) is 19.3 Å². The molecule has 1 amide bonds. The molecule has 0 atom stereocenters. The summed E-state index contributed by atoms with van der Waals surface area (Å²) in [6.07, 6.45) is 1.92. The number of hydrogen-bond acceptors (Lipinski definition) is 3. The Balaban J connectivity index is 2.18. The SMILES string of the molecule is O=C(CCCCO)Nc1ccsc1. The Morgan fingerprint density at radius 3 is 3.00 bits per heavy atom. The first-order valence-corrected chi connectivity index (χ1v) is 5.20. The highest BCUT2D eigenvalue weighted by molar-refractivity contribution is 7.08. The number of anilines is 1. The molecule has 0 aromatic carbocycles. The minimum atomic E-state index is 0.0202. The van der Waals surface area contributed by atoms with Crippen molar-refractivity contribution in [3.63, 3.8) is 0 Å². The molecule has 13 heavy (non-hydrogen) atoms. The van der Waals surface area contributed by atoms with E-state index in [1.807, 2.05) is 16.8 Å². The summed E-state index contributed by atoms with van der Waals surface area (Å²) in [5, 5.41) is 15.1. The van der Waals surface area contributed by atoms with Crippen molar-refractivity contribution in [1.82, 2.24) is 0 Å². The largest absolute Gasteiger partial charge is 0.396 e. The van der Waals surface area contributed by atoms with Gasteiger partial charge in [0, 0.05) is 18.4 Å². The van der Waals surface area contributed by atoms with Crippen LogP contribution in [0.4, 0.5) is 5.69 Å². The van der Waals surface area contributed by atoms with Crippen molar-refractivity contribution >= 4 is 22.9 Å². The van der Waals surface area contributed by atoms with Crippen molar-refractivity contribution < 1.29 is 9.90 Å². The van der Waals surface area contributed by atoms with E-state index in [-0.39, 0.29) is 12.5 Å². The quantitative estimate of drug-likeness (QED) is 0.711. The summed E-state index contributed by atoms with van der Waals surface area (Å²) in [6, 6.07) is 1.87. The molecule has 1 aromatic heterocycles. The van der Waals surface area contributed by atoms with Gasteiger partial charge in [-0.05, 0) is 24.3 Å². The fourth-order valence-corrected chi connectivity index (χ4v) is 1.54. The van der Waals surface area contributed by atoms with Crippen LogP contribution in [0.5, 0.6) is 0 Å². The van der Waals surface area contributed by atoms with Gasteiger partial charge < -0.3 is 10.4 Å². The Morgan fingerprint density at radius 1 is 1.54 bits per heavy atom. The maximum Gasteiger partial charge on any atom is 0.224 e. The van der Waals surface area contributed by atoms with Gasteiger partial charge in [0.1, 0.15) is 0 Å². The van der Waals surface area contributed by atoms with Crippen LogP contribution in [0, 0.1) is 0 Å². The maximum absolute atomic E-state index is 11.2. The van der Waals surface area contributed by atoms with Gasteiger partial charge in [0.05, 0.1) is 5.69 Å². The Morgan fingerprint density at radius 2 is 2.38 bits per heavy atom. The highest BCUT2D eigenvalue weighted by Crippen LogP contribution is 2.12. The number of amides is 1. The van der Waals surface area contributed by atoms with E-state index in [0.29, 0.717) is 12.8 Å². The molecule has 0 saturated heterocycles. The van der Waals surface area contributed by atoms with Gasteiger partial charge in [-0.2, -0.15) is 11.3 Å². The highest BCUT2D eigenvalue weighted by Gasteiger charge is 2.01. The molecule has 0 bridgehead atoms. The predicted octanol–water partition coefficient (Wildman–Crippen LogP) is 1.85. The summed E-state index contributed by atoms with van der Waals surface area (Å²) in [6.45, 7) is 0.158. The molecule has 1 heterocycles. The topological polar surface area (TPSA) is 49.3 Å². The smallest absolute Gasteiger partial charge is 0.224 e. The Kier molecular flexibility index (Phi) is 4.49. The molecule has 0 aliphatic rings. The van der Waals surface area contributed by atoms with E-state index in [1.165, 1.54) is 0 Å². The molecular formula is C9H13NO2S. The van der Waals surface area contributed by atoms with Gasteiger partial charge >= 0.3 is 0 Å². The second-order valence-electron chi connectivity index (χ2n) is 2.74. The normalized spacial score (nSPS) is 9.92. The van der Waals surface area contributed by atoms with E-state index in [9.17, 15) is 4.79 Å². The number of unbranched alkanes of at least 4 members (excludes halogenated alkanes) is 1. The van der Waals surface area contributed by atoms with Crippen molar-refractivity contribution in [2.24, 2.45) is 0 Å². The lowest BCUT2D eigenvalue weighted by atomic mass is 10.2. The van der Waals surface area contributed by atoms with Crippen LogP contribution in [0.2, 0.25) is 0 Å². The third-order valence-corrected chi connectivity index (χ3v) is 2.30. The lowest BCUT2D eigenvalue weighted by Crippen LogP contribution is -2.10. The minimum absolute atomic E-state index is 0.0202. The summed E-state index contributed by atoms with van der Waals surface area (Å²) >= 11 is 1.56. The van der Waals surface area contributed by atoms with Crippen molar-refractivity contribution in [2.45, 2.75) is 19.3 Å². The van der Waals surface area contributed by atoms with Gasteiger partial charge in [0.25, 0.3) is 0 Å². The maximum atomic E-state index is 11.2. The zero-order valence-electron chi connectivity index (χ0n) is 7.32. The summed E-state index contributed by atoms with van der Waals surface area (Å²) in [4.78, 5) is 11.2. The predicted molar refractivity (Wildman–Crippen MR) is 53.9 cm³/mol. The molecule has 0 saturated carbocycles. The highest BCUT2D eigenvalue weighted by atomic mass is 32.1. The lowest BCUT2D eigenvalue weighted by Gasteiger charge is -2.01. The average molecular weight is 199 g/mol. The van der Waals surface area contributed by atoms with Gasteiger partial charge in [-0.3, -0.25) is 4.79 Å².